The fraction of sp³-hybridized carbons (Fsp3) is 0.600. The zero-order valence-electron chi connectivity index (χ0n) is 11.4. The zero-order chi connectivity index (χ0) is 14.4. The van der Waals surface area contributed by atoms with Crippen LogP contribution in [-0.4, -0.2) is 30.5 Å². The van der Waals surface area contributed by atoms with Gasteiger partial charge in [0.25, 0.3) is 0 Å². The van der Waals surface area contributed by atoms with Gasteiger partial charge in [-0.1, -0.05) is 30.9 Å². The average Bonchev–Trinajstić information content (AvgIpc) is 2.47. The minimum atomic E-state index is -0.628. The molecule has 5 heteroatoms. The smallest absolute Gasteiger partial charge is 0.125 e. The monoisotopic (exact) mass is 301 g/mol. The van der Waals surface area contributed by atoms with Crippen molar-refractivity contribution in [1.29, 1.82) is 0 Å². The normalized spacial score (nSPS) is 17.9. The van der Waals surface area contributed by atoms with Crippen LogP contribution in [0.2, 0.25) is 5.02 Å². The van der Waals surface area contributed by atoms with Crippen molar-refractivity contribution >= 4 is 17.3 Å². The van der Waals surface area contributed by atoms with Crippen molar-refractivity contribution in [2.45, 2.75) is 44.3 Å². The second-order valence-electron chi connectivity index (χ2n) is 5.25. The Bertz CT molecular complexity index is 424. The number of aliphatic hydroxyl groups excluding tert-OH is 1. The van der Waals surface area contributed by atoms with Gasteiger partial charge in [-0.25, -0.2) is 4.39 Å². The van der Waals surface area contributed by atoms with Crippen LogP contribution in [0.15, 0.2) is 18.2 Å². The molecular formula is C15H21ClFNO2. The summed E-state index contributed by atoms with van der Waals surface area (Å²) in [6.45, 7) is 0.584. The van der Waals surface area contributed by atoms with E-state index in [2.05, 4.69) is 5.32 Å². The number of benzene rings is 1. The predicted molar refractivity (Wildman–Crippen MR) is 78.7 cm³/mol. The molecule has 3 nitrogen and oxygen atoms in total. The van der Waals surface area contributed by atoms with Crippen LogP contribution in [-0.2, 0) is 4.74 Å². The summed E-state index contributed by atoms with van der Waals surface area (Å²) in [5.74, 6) is -0.357. The molecule has 1 unspecified atom stereocenters. The molecule has 112 valence electrons. The van der Waals surface area contributed by atoms with Gasteiger partial charge in [-0.05, 0) is 31.0 Å². The van der Waals surface area contributed by atoms with Gasteiger partial charge in [0.05, 0.1) is 29.5 Å². The maximum atomic E-state index is 13.1. The predicted octanol–water partition coefficient (Wildman–Crippen LogP) is 3.60. The third-order valence-electron chi connectivity index (χ3n) is 3.53. The van der Waals surface area contributed by atoms with Gasteiger partial charge in [0, 0.05) is 6.54 Å². The molecule has 1 aromatic carbocycles. The highest BCUT2D eigenvalue weighted by molar-refractivity contribution is 6.33. The van der Waals surface area contributed by atoms with Gasteiger partial charge in [-0.3, -0.25) is 0 Å². The Morgan fingerprint density at radius 1 is 1.35 bits per heavy atom. The van der Waals surface area contributed by atoms with E-state index in [0.29, 0.717) is 17.3 Å². The van der Waals surface area contributed by atoms with Crippen LogP contribution in [0.4, 0.5) is 10.1 Å². The number of halogens is 2. The van der Waals surface area contributed by atoms with Crippen molar-refractivity contribution in [2.24, 2.45) is 0 Å². The molecule has 1 fully saturated rings. The van der Waals surface area contributed by atoms with Crippen molar-refractivity contribution in [3.63, 3.8) is 0 Å². The number of hydrogen-bond donors (Lipinski definition) is 2. The van der Waals surface area contributed by atoms with Crippen LogP contribution >= 0.6 is 11.6 Å². The van der Waals surface area contributed by atoms with E-state index in [9.17, 15) is 9.50 Å². The SMILES string of the molecule is OC(CNc1cc(F)ccc1Cl)COC1CCCCC1. The van der Waals surface area contributed by atoms with E-state index >= 15 is 0 Å². The summed E-state index contributed by atoms with van der Waals surface area (Å²) in [6.07, 6.45) is 5.50. The highest BCUT2D eigenvalue weighted by atomic mass is 35.5. The van der Waals surface area contributed by atoms with Gasteiger partial charge in [0.15, 0.2) is 0 Å². The highest BCUT2D eigenvalue weighted by Gasteiger charge is 2.15. The second kappa shape index (κ2) is 7.81. The Morgan fingerprint density at radius 3 is 2.85 bits per heavy atom. The van der Waals surface area contributed by atoms with Crippen molar-refractivity contribution in [2.75, 3.05) is 18.5 Å². The molecule has 1 atom stereocenters. The van der Waals surface area contributed by atoms with E-state index in [1.165, 1.54) is 37.5 Å². The Hall–Kier alpha value is -0.840. The van der Waals surface area contributed by atoms with E-state index in [0.717, 1.165) is 12.8 Å². The standard InChI is InChI=1S/C15H21ClFNO2/c16-14-7-6-11(17)8-15(14)18-9-12(19)10-20-13-4-2-1-3-5-13/h6-8,12-13,18-19H,1-5,9-10H2. The lowest BCUT2D eigenvalue weighted by atomic mass is 9.98. The first-order chi connectivity index (χ1) is 9.65. The lowest BCUT2D eigenvalue weighted by molar-refractivity contribution is -0.0195. The third-order valence-corrected chi connectivity index (χ3v) is 3.86. The Balaban J connectivity index is 1.71. The van der Waals surface area contributed by atoms with Gasteiger partial charge in [-0.15, -0.1) is 0 Å². The fourth-order valence-corrected chi connectivity index (χ4v) is 2.58. The van der Waals surface area contributed by atoms with Crippen LogP contribution < -0.4 is 5.32 Å². The first kappa shape index (κ1) is 15.5. The molecule has 1 aliphatic carbocycles. The summed E-state index contributed by atoms with van der Waals surface area (Å²) in [4.78, 5) is 0. The molecule has 0 aliphatic heterocycles. The molecule has 1 aromatic rings. The topological polar surface area (TPSA) is 41.5 Å². The van der Waals surface area contributed by atoms with Gasteiger partial charge in [0.2, 0.25) is 0 Å². The largest absolute Gasteiger partial charge is 0.389 e. The minimum absolute atomic E-state index is 0.274. The number of rotatable bonds is 6. The average molecular weight is 302 g/mol. The molecule has 0 amide bonds. The summed E-state index contributed by atoms with van der Waals surface area (Å²) in [6, 6.07) is 4.11. The lowest BCUT2D eigenvalue weighted by Crippen LogP contribution is -2.28. The van der Waals surface area contributed by atoms with E-state index in [1.54, 1.807) is 0 Å². The maximum absolute atomic E-state index is 13.1. The van der Waals surface area contributed by atoms with Crippen LogP contribution in [0.5, 0.6) is 0 Å². The van der Waals surface area contributed by atoms with Gasteiger partial charge >= 0.3 is 0 Å². The molecule has 2 N–H and O–H groups in total. The van der Waals surface area contributed by atoms with Crippen LogP contribution in [0.3, 0.4) is 0 Å². The van der Waals surface area contributed by atoms with Gasteiger partial charge < -0.3 is 15.2 Å². The third kappa shape index (κ3) is 4.93. The lowest BCUT2D eigenvalue weighted by Gasteiger charge is -2.23. The Kier molecular flexibility index (Phi) is 6.07. The number of hydrogen-bond acceptors (Lipinski definition) is 3. The number of ether oxygens (including phenoxy) is 1. The van der Waals surface area contributed by atoms with E-state index in [4.69, 9.17) is 16.3 Å². The summed E-state index contributed by atoms with van der Waals surface area (Å²) in [7, 11) is 0. The minimum Gasteiger partial charge on any atom is -0.389 e. The summed E-state index contributed by atoms with van der Waals surface area (Å²) < 4.78 is 18.8. The van der Waals surface area contributed by atoms with E-state index in [-0.39, 0.29) is 18.5 Å². The van der Waals surface area contributed by atoms with Gasteiger partial charge in [-0.2, -0.15) is 0 Å². The van der Waals surface area contributed by atoms with Crippen molar-refractivity contribution in [3.8, 4) is 0 Å². The Labute approximate surface area is 124 Å². The fourth-order valence-electron chi connectivity index (χ4n) is 2.40. The number of aliphatic hydroxyl groups is 1. The molecule has 1 saturated carbocycles. The molecule has 20 heavy (non-hydrogen) atoms. The molecule has 0 spiro atoms. The molecule has 0 saturated heterocycles. The molecule has 0 heterocycles. The summed E-state index contributed by atoms with van der Waals surface area (Å²) >= 11 is 5.94. The van der Waals surface area contributed by atoms with Crippen molar-refractivity contribution in [3.05, 3.63) is 29.0 Å². The van der Waals surface area contributed by atoms with Crippen LogP contribution in [0.25, 0.3) is 0 Å². The Morgan fingerprint density at radius 2 is 2.10 bits per heavy atom. The van der Waals surface area contributed by atoms with Crippen molar-refractivity contribution in [1.82, 2.24) is 0 Å². The zero-order valence-corrected chi connectivity index (χ0v) is 12.2. The van der Waals surface area contributed by atoms with E-state index < -0.39 is 6.10 Å². The quantitative estimate of drug-likeness (QED) is 0.843. The molecule has 2 rings (SSSR count). The second-order valence-corrected chi connectivity index (χ2v) is 5.66. The maximum Gasteiger partial charge on any atom is 0.125 e. The number of nitrogens with one attached hydrogen (secondary N) is 1. The first-order valence-electron chi connectivity index (χ1n) is 7.14. The molecule has 0 radical (unpaired) electrons. The summed E-state index contributed by atoms with van der Waals surface area (Å²) in [5.41, 5.74) is 0.489. The highest BCUT2D eigenvalue weighted by Crippen LogP contribution is 2.23. The van der Waals surface area contributed by atoms with Crippen LogP contribution in [0, 0.1) is 5.82 Å². The van der Waals surface area contributed by atoms with E-state index in [1.807, 2.05) is 0 Å². The molecular weight excluding hydrogens is 281 g/mol. The van der Waals surface area contributed by atoms with Crippen LogP contribution in [0.1, 0.15) is 32.1 Å². The first-order valence-corrected chi connectivity index (χ1v) is 7.51. The molecule has 0 bridgehead atoms. The number of anilines is 1. The van der Waals surface area contributed by atoms with Crippen molar-refractivity contribution < 1.29 is 14.2 Å². The van der Waals surface area contributed by atoms with Gasteiger partial charge in [0.1, 0.15) is 5.82 Å². The molecule has 1 aliphatic rings. The molecule has 0 aromatic heterocycles. The summed E-state index contributed by atoms with van der Waals surface area (Å²) in [5, 5.41) is 13.3.